The van der Waals surface area contributed by atoms with Gasteiger partial charge in [-0.2, -0.15) is 5.26 Å². The summed E-state index contributed by atoms with van der Waals surface area (Å²) in [6, 6.07) is 14.7. The van der Waals surface area contributed by atoms with Crippen LogP contribution in [0.3, 0.4) is 0 Å². The van der Waals surface area contributed by atoms with Gasteiger partial charge in [-0.3, -0.25) is 10.4 Å². The third-order valence-corrected chi connectivity index (χ3v) is 5.37. The van der Waals surface area contributed by atoms with Gasteiger partial charge in [0, 0.05) is 36.4 Å². The van der Waals surface area contributed by atoms with E-state index in [9.17, 15) is 5.26 Å². The Labute approximate surface area is 197 Å². The molecule has 0 radical (unpaired) electrons. The van der Waals surface area contributed by atoms with Crippen molar-refractivity contribution < 1.29 is 14.2 Å². The summed E-state index contributed by atoms with van der Waals surface area (Å²) in [4.78, 5) is 8.88. The lowest BCUT2D eigenvalue weighted by molar-refractivity contribution is 0.0254. The van der Waals surface area contributed by atoms with Gasteiger partial charge in [0.15, 0.2) is 0 Å². The second kappa shape index (κ2) is 10.6. The van der Waals surface area contributed by atoms with E-state index < -0.39 is 0 Å². The maximum atomic E-state index is 9.66. The zero-order valence-electron chi connectivity index (χ0n) is 18.7. The Morgan fingerprint density at radius 2 is 2.03 bits per heavy atom. The number of anilines is 3. The van der Waals surface area contributed by atoms with Crippen LogP contribution in [0.2, 0.25) is 0 Å². The quantitative estimate of drug-likeness (QED) is 0.199. The minimum absolute atomic E-state index is 0.0512. The van der Waals surface area contributed by atoms with Crippen molar-refractivity contribution in [1.82, 2.24) is 9.97 Å². The van der Waals surface area contributed by atoms with Crippen LogP contribution in [0.15, 0.2) is 48.7 Å². The molecule has 0 amide bonds. The number of methoxy groups -OCH3 is 1. The number of hydrogen-bond donors (Lipinski definition) is 3. The van der Waals surface area contributed by atoms with Crippen LogP contribution in [0.1, 0.15) is 18.4 Å². The van der Waals surface area contributed by atoms with E-state index in [2.05, 4.69) is 21.4 Å². The van der Waals surface area contributed by atoms with Crippen LogP contribution < -0.4 is 25.6 Å². The third kappa shape index (κ3) is 5.23. The molecule has 34 heavy (non-hydrogen) atoms. The summed E-state index contributed by atoms with van der Waals surface area (Å²) in [6.45, 7) is 1.34. The lowest BCUT2D eigenvalue weighted by Gasteiger charge is -2.23. The number of benzene rings is 2. The first-order valence-electron chi connectivity index (χ1n) is 10.7. The number of hydrazine groups is 1. The van der Waals surface area contributed by atoms with Crippen molar-refractivity contribution in [2.45, 2.75) is 18.9 Å². The fourth-order valence-corrected chi connectivity index (χ4v) is 3.60. The summed E-state index contributed by atoms with van der Waals surface area (Å²) in [5.74, 6) is 7.21. The van der Waals surface area contributed by atoms with E-state index in [0.29, 0.717) is 53.3 Å². The number of nitriles is 1. The fourth-order valence-electron chi connectivity index (χ4n) is 3.60. The van der Waals surface area contributed by atoms with Crippen molar-refractivity contribution in [3.8, 4) is 28.8 Å². The lowest BCUT2D eigenvalue weighted by atomic mass is 10.1. The predicted molar refractivity (Wildman–Crippen MR) is 128 cm³/mol. The van der Waals surface area contributed by atoms with Crippen LogP contribution in [-0.4, -0.2) is 42.7 Å². The molecule has 1 saturated heterocycles. The first-order chi connectivity index (χ1) is 16.6. The van der Waals surface area contributed by atoms with Gasteiger partial charge < -0.3 is 19.5 Å². The molecule has 10 nitrogen and oxygen atoms in total. The summed E-state index contributed by atoms with van der Waals surface area (Å²) < 4.78 is 16.8. The molecule has 10 heteroatoms. The highest BCUT2D eigenvalue weighted by atomic mass is 16.5. The summed E-state index contributed by atoms with van der Waals surface area (Å²) in [7, 11) is 1.53. The van der Waals surface area contributed by atoms with Gasteiger partial charge in [-0.05, 0) is 36.4 Å². The first kappa shape index (κ1) is 23.0. The van der Waals surface area contributed by atoms with Gasteiger partial charge in [-0.15, -0.1) is 0 Å². The number of ether oxygens (including phenoxy) is 3. The van der Waals surface area contributed by atoms with Crippen LogP contribution in [0.4, 0.5) is 17.3 Å². The van der Waals surface area contributed by atoms with Crippen molar-refractivity contribution in [3.63, 3.8) is 0 Å². The molecule has 174 valence electrons. The molecule has 4 rings (SSSR count). The normalized spacial score (nSPS) is 13.6. The number of aromatic nitrogens is 2. The van der Waals surface area contributed by atoms with Crippen LogP contribution in [0.25, 0.3) is 11.3 Å². The number of rotatable bonds is 8. The zero-order chi connectivity index (χ0) is 23.9. The molecule has 0 aliphatic carbocycles. The molecule has 0 bridgehead atoms. The van der Waals surface area contributed by atoms with E-state index in [1.807, 2.05) is 12.1 Å². The van der Waals surface area contributed by atoms with Gasteiger partial charge in [-0.1, -0.05) is 0 Å². The SMILES string of the molecule is COc1cc(Nc2nccc(-c3ccc(OC4CCOCC4)c(C#N)c3)n2)ccc1N(N)C=N. The third-order valence-electron chi connectivity index (χ3n) is 5.37. The average molecular weight is 460 g/mol. The summed E-state index contributed by atoms with van der Waals surface area (Å²) in [5.41, 5.74) is 3.12. The molecule has 1 aromatic heterocycles. The van der Waals surface area contributed by atoms with Crippen molar-refractivity contribution in [1.29, 1.82) is 10.7 Å². The molecule has 0 saturated carbocycles. The Morgan fingerprint density at radius 1 is 1.21 bits per heavy atom. The smallest absolute Gasteiger partial charge is 0.227 e. The summed E-state index contributed by atoms with van der Waals surface area (Å²) in [6.07, 6.45) is 4.31. The average Bonchev–Trinajstić information content (AvgIpc) is 2.89. The Bertz CT molecular complexity index is 1210. The van der Waals surface area contributed by atoms with Gasteiger partial charge in [0.1, 0.15) is 35.7 Å². The molecule has 1 aliphatic heterocycles. The Balaban J connectivity index is 1.54. The van der Waals surface area contributed by atoms with Gasteiger partial charge in [0.2, 0.25) is 5.95 Å². The number of nitrogens with two attached hydrogens (primary N) is 1. The second-order valence-electron chi connectivity index (χ2n) is 7.57. The molecule has 2 heterocycles. The van der Waals surface area contributed by atoms with E-state index in [-0.39, 0.29) is 6.10 Å². The van der Waals surface area contributed by atoms with Crippen LogP contribution in [0.5, 0.6) is 11.5 Å². The molecular weight excluding hydrogens is 434 g/mol. The van der Waals surface area contributed by atoms with E-state index in [0.717, 1.165) is 29.8 Å². The van der Waals surface area contributed by atoms with Crippen molar-refractivity contribution >= 4 is 23.7 Å². The minimum Gasteiger partial charge on any atom is -0.494 e. The molecule has 2 aromatic carbocycles. The highest BCUT2D eigenvalue weighted by molar-refractivity contribution is 5.80. The maximum Gasteiger partial charge on any atom is 0.227 e. The molecule has 1 fully saturated rings. The topological polar surface area (TPSA) is 142 Å². The fraction of sp³-hybridized carbons (Fsp3) is 0.250. The van der Waals surface area contributed by atoms with E-state index in [4.69, 9.17) is 25.5 Å². The Morgan fingerprint density at radius 3 is 2.76 bits per heavy atom. The molecule has 0 unspecified atom stereocenters. The zero-order valence-corrected chi connectivity index (χ0v) is 18.7. The van der Waals surface area contributed by atoms with Crippen LogP contribution in [-0.2, 0) is 4.74 Å². The molecule has 0 atom stereocenters. The van der Waals surface area contributed by atoms with Gasteiger partial charge in [-0.25, -0.2) is 15.8 Å². The van der Waals surface area contributed by atoms with Crippen molar-refractivity contribution in [3.05, 3.63) is 54.2 Å². The number of nitrogens with zero attached hydrogens (tertiary/aromatic N) is 4. The maximum absolute atomic E-state index is 9.66. The number of nitrogens with one attached hydrogen (secondary N) is 2. The lowest BCUT2D eigenvalue weighted by Crippen LogP contribution is -2.28. The molecular formula is C24H25N7O3. The molecule has 0 spiro atoms. The van der Waals surface area contributed by atoms with Gasteiger partial charge >= 0.3 is 0 Å². The first-order valence-corrected chi connectivity index (χ1v) is 10.7. The van der Waals surface area contributed by atoms with E-state index in [1.165, 1.54) is 7.11 Å². The molecule has 3 aromatic rings. The highest BCUT2D eigenvalue weighted by Gasteiger charge is 2.18. The van der Waals surface area contributed by atoms with E-state index >= 15 is 0 Å². The number of hydrogen-bond acceptors (Lipinski definition) is 9. The van der Waals surface area contributed by atoms with Crippen molar-refractivity contribution in [2.75, 3.05) is 30.6 Å². The summed E-state index contributed by atoms with van der Waals surface area (Å²) >= 11 is 0. The Kier molecular flexibility index (Phi) is 7.17. The monoisotopic (exact) mass is 459 g/mol. The van der Waals surface area contributed by atoms with Crippen LogP contribution in [0, 0.1) is 16.7 Å². The highest BCUT2D eigenvalue weighted by Crippen LogP contribution is 2.31. The Hall–Kier alpha value is -4.20. The minimum atomic E-state index is 0.0512. The largest absolute Gasteiger partial charge is 0.494 e. The summed E-state index contributed by atoms with van der Waals surface area (Å²) in [5, 5.41) is 21.3. The van der Waals surface area contributed by atoms with E-state index in [1.54, 1.807) is 36.5 Å². The predicted octanol–water partition coefficient (Wildman–Crippen LogP) is 3.61. The standard InChI is InChI=1S/C24H25N7O3/c1-32-23-13-18(3-4-21(23)31(27)15-26)29-24-28-9-6-20(30-24)16-2-5-22(17(12-16)14-25)34-19-7-10-33-11-8-19/h2-6,9,12-13,15,19,26H,7-8,10-11,27H2,1H3,(H,28,29,30). The van der Waals surface area contributed by atoms with Crippen molar-refractivity contribution in [2.24, 2.45) is 5.84 Å². The van der Waals surface area contributed by atoms with Crippen LogP contribution >= 0.6 is 0 Å². The second-order valence-corrected chi connectivity index (χ2v) is 7.57. The molecule has 1 aliphatic rings. The molecule has 4 N–H and O–H groups in total. The van der Waals surface area contributed by atoms with Gasteiger partial charge in [0.05, 0.1) is 31.6 Å². The van der Waals surface area contributed by atoms with Gasteiger partial charge in [0.25, 0.3) is 0 Å².